The third-order valence-electron chi connectivity index (χ3n) is 3.05. The summed E-state index contributed by atoms with van der Waals surface area (Å²) in [6.45, 7) is 5.01. The highest BCUT2D eigenvalue weighted by Gasteiger charge is 2.08. The molecule has 2 rings (SSSR count). The minimum absolute atomic E-state index is 0.0197. The molecule has 1 aromatic heterocycles. The maximum absolute atomic E-state index is 5.92. The smallest absolute Gasteiger partial charge is 0.0951 e. The van der Waals surface area contributed by atoms with Gasteiger partial charge in [-0.25, -0.2) is 4.98 Å². The Balaban J connectivity index is 2.28. The molecule has 0 fully saturated rings. The number of imidazole rings is 1. The molecule has 1 aromatic carbocycles. The molecule has 90 valence electrons. The Hall–Kier alpha value is -1.61. The van der Waals surface area contributed by atoms with E-state index in [4.69, 9.17) is 5.73 Å². The molecule has 1 atom stereocenters. The summed E-state index contributed by atoms with van der Waals surface area (Å²) in [7, 11) is 0. The van der Waals surface area contributed by atoms with Crippen LogP contribution in [0.25, 0.3) is 0 Å². The van der Waals surface area contributed by atoms with Gasteiger partial charge in [0, 0.05) is 18.8 Å². The molecule has 0 spiro atoms. The van der Waals surface area contributed by atoms with Gasteiger partial charge in [0.15, 0.2) is 0 Å². The van der Waals surface area contributed by atoms with Crippen LogP contribution >= 0.6 is 0 Å². The molecule has 0 radical (unpaired) electrons. The normalized spacial score (nSPS) is 12.6. The largest absolute Gasteiger partial charge is 0.329 e. The molecule has 0 aliphatic heterocycles. The van der Waals surface area contributed by atoms with Crippen molar-refractivity contribution in [2.45, 2.75) is 32.9 Å². The van der Waals surface area contributed by atoms with Gasteiger partial charge in [0.05, 0.1) is 12.0 Å². The van der Waals surface area contributed by atoms with Crippen molar-refractivity contribution in [1.29, 1.82) is 0 Å². The number of hydrogen-bond acceptors (Lipinski definition) is 2. The first-order chi connectivity index (χ1) is 8.22. The van der Waals surface area contributed by atoms with Crippen LogP contribution in [0.15, 0.2) is 36.8 Å². The first kappa shape index (κ1) is 11.9. The molecular formula is C14H19N3. The highest BCUT2D eigenvalue weighted by molar-refractivity contribution is 5.27. The summed E-state index contributed by atoms with van der Waals surface area (Å²) < 4.78 is 2.12. The summed E-state index contributed by atoms with van der Waals surface area (Å²) in [5.41, 5.74) is 9.73. The van der Waals surface area contributed by atoms with Crippen LogP contribution in [0.3, 0.4) is 0 Å². The van der Waals surface area contributed by atoms with E-state index in [9.17, 15) is 0 Å². The number of aromatic nitrogens is 2. The van der Waals surface area contributed by atoms with E-state index in [1.165, 1.54) is 11.1 Å². The summed E-state index contributed by atoms with van der Waals surface area (Å²) in [4.78, 5) is 4.18. The summed E-state index contributed by atoms with van der Waals surface area (Å²) in [6, 6.07) is 8.53. The highest BCUT2D eigenvalue weighted by Crippen LogP contribution is 2.15. The molecule has 17 heavy (non-hydrogen) atoms. The van der Waals surface area contributed by atoms with E-state index in [-0.39, 0.29) is 6.04 Å². The van der Waals surface area contributed by atoms with Gasteiger partial charge < -0.3 is 10.3 Å². The van der Waals surface area contributed by atoms with Crippen molar-refractivity contribution < 1.29 is 0 Å². The summed E-state index contributed by atoms with van der Waals surface area (Å²) >= 11 is 0. The second-order valence-electron chi connectivity index (χ2n) is 4.36. The topological polar surface area (TPSA) is 43.8 Å². The second kappa shape index (κ2) is 5.15. The Labute approximate surface area is 102 Å². The van der Waals surface area contributed by atoms with Crippen molar-refractivity contribution in [2.75, 3.05) is 0 Å². The van der Waals surface area contributed by atoms with Crippen LogP contribution in [0, 0.1) is 0 Å². The molecule has 0 aliphatic carbocycles. The van der Waals surface area contributed by atoms with Gasteiger partial charge in [-0.15, -0.1) is 0 Å². The zero-order valence-electron chi connectivity index (χ0n) is 10.4. The van der Waals surface area contributed by atoms with E-state index in [1.807, 2.05) is 19.4 Å². The predicted octanol–water partition coefficient (Wildman–Crippen LogP) is 2.51. The number of hydrogen-bond donors (Lipinski definition) is 1. The first-order valence-electron chi connectivity index (χ1n) is 6.04. The average Bonchev–Trinajstić information content (AvgIpc) is 2.78. The molecule has 1 heterocycles. The van der Waals surface area contributed by atoms with Crippen molar-refractivity contribution in [2.24, 2.45) is 5.73 Å². The van der Waals surface area contributed by atoms with Crippen molar-refractivity contribution in [3.8, 4) is 0 Å². The molecule has 3 nitrogen and oxygen atoms in total. The third kappa shape index (κ3) is 2.56. The monoisotopic (exact) mass is 229 g/mol. The van der Waals surface area contributed by atoms with Gasteiger partial charge in [0.2, 0.25) is 0 Å². The van der Waals surface area contributed by atoms with Crippen molar-refractivity contribution >= 4 is 0 Å². The number of benzene rings is 1. The number of nitrogens with zero attached hydrogens (tertiary/aromatic N) is 2. The molecule has 0 bridgehead atoms. The van der Waals surface area contributed by atoms with Crippen LogP contribution in [0.1, 0.15) is 36.7 Å². The van der Waals surface area contributed by atoms with Gasteiger partial charge in [-0.05, 0) is 24.5 Å². The minimum atomic E-state index is 0.0197. The lowest BCUT2D eigenvalue weighted by Crippen LogP contribution is -2.13. The fraction of sp³-hybridized carbons (Fsp3) is 0.357. The van der Waals surface area contributed by atoms with E-state index in [0.717, 1.165) is 18.7 Å². The summed E-state index contributed by atoms with van der Waals surface area (Å²) in [5.74, 6) is 0. The SMILES string of the molecule is CCc1ccccc1Cn1cncc1[C@@H](C)N. The van der Waals surface area contributed by atoms with Crippen LogP contribution in [0.5, 0.6) is 0 Å². The van der Waals surface area contributed by atoms with Gasteiger partial charge in [-0.3, -0.25) is 0 Å². The minimum Gasteiger partial charge on any atom is -0.329 e. The Morgan fingerprint density at radius 3 is 2.65 bits per heavy atom. The lowest BCUT2D eigenvalue weighted by Gasteiger charge is -2.13. The quantitative estimate of drug-likeness (QED) is 0.875. The Kier molecular flexibility index (Phi) is 3.59. The van der Waals surface area contributed by atoms with Gasteiger partial charge in [0.25, 0.3) is 0 Å². The number of aryl methyl sites for hydroxylation is 1. The number of rotatable bonds is 4. The van der Waals surface area contributed by atoms with Crippen molar-refractivity contribution in [3.05, 3.63) is 53.6 Å². The average molecular weight is 229 g/mol. The zero-order valence-corrected chi connectivity index (χ0v) is 10.4. The predicted molar refractivity (Wildman–Crippen MR) is 69.8 cm³/mol. The van der Waals surface area contributed by atoms with Crippen LogP contribution in [0.2, 0.25) is 0 Å². The fourth-order valence-electron chi connectivity index (χ4n) is 2.08. The molecule has 0 amide bonds. The van der Waals surface area contributed by atoms with Crippen LogP contribution < -0.4 is 5.73 Å². The van der Waals surface area contributed by atoms with Crippen molar-refractivity contribution in [1.82, 2.24) is 9.55 Å². The maximum Gasteiger partial charge on any atom is 0.0951 e. The van der Waals surface area contributed by atoms with Gasteiger partial charge >= 0.3 is 0 Å². The molecule has 3 heteroatoms. The molecule has 0 aliphatic rings. The standard InChI is InChI=1S/C14H19N3/c1-3-12-6-4-5-7-13(12)9-17-10-16-8-14(17)11(2)15/h4-8,10-11H,3,9,15H2,1-2H3/t11-/m1/s1. The van der Waals surface area contributed by atoms with Crippen LogP contribution in [0.4, 0.5) is 0 Å². The maximum atomic E-state index is 5.92. The van der Waals surface area contributed by atoms with E-state index in [2.05, 4.69) is 40.7 Å². The molecular weight excluding hydrogens is 210 g/mol. The van der Waals surface area contributed by atoms with Gasteiger partial charge in [-0.2, -0.15) is 0 Å². The molecule has 0 unspecified atom stereocenters. The molecule has 0 saturated carbocycles. The van der Waals surface area contributed by atoms with E-state index in [1.54, 1.807) is 0 Å². The summed E-state index contributed by atoms with van der Waals surface area (Å²) in [6.07, 6.45) is 4.75. The summed E-state index contributed by atoms with van der Waals surface area (Å²) in [5, 5.41) is 0. The first-order valence-corrected chi connectivity index (χ1v) is 6.04. The Morgan fingerprint density at radius 1 is 1.29 bits per heavy atom. The highest BCUT2D eigenvalue weighted by atomic mass is 15.1. The van der Waals surface area contributed by atoms with Crippen LogP contribution in [-0.2, 0) is 13.0 Å². The lowest BCUT2D eigenvalue weighted by molar-refractivity contribution is 0.671. The molecule has 2 N–H and O–H groups in total. The van der Waals surface area contributed by atoms with Gasteiger partial charge in [-0.1, -0.05) is 31.2 Å². The second-order valence-corrected chi connectivity index (χ2v) is 4.36. The van der Waals surface area contributed by atoms with Crippen LogP contribution in [-0.4, -0.2) is 9.55 Å². The Bertz CT molecular complexity index is 486. The molecule has 0 saturated heterocycles. The molecule has 2 aromatic rings. The lowest BCUT2D eigenvalue weighted by atomic mass is 10.1. The fourth-order valence-corrected chi connectivity index (χ4v) is 2.08. The van der Waals surface area contributed by atoms with Crippen molar-refractivity contribution in [3.63, 3.8) is 0 Å². The number of nitrogens with two attached hydrogens (primary N) is 1. The van der Waals surface area contributed by atoms with E-state index in [0.29, 0.717) is 0 Å². The third-order valence-corrected chi connectivity index (χ3v) is 3.05. The Morgan fingerprint density at radius 2 is 2.00 bits per heavy atom. The zero-order chi connectivity index (χ0) is 12.3. The van der Waals surface area contributed by atoms with E-state index < -0.39 is 0 Å². The van der Waals surface area contributed by atoms with E-state index >= 15 is 0 Å². The van der Waals surface area contributed by atoms with Gasteiger partial charge in [0.1, 0.15) is 0 Å².